The van der Waals surface area contributed by atoms with Crippen LogP contribution in [0.15, 0.2) is 45.6 Å². The number of hydrogen-bond acceptors (Lipinski definition) is 8. The molecule has 0 aliphatic carbocycles. The quantitative estimate of drug-likeness (QED) is 0.514. The molecule has 158 valence electrons. The van der Waals surface area contributed by atoms with Gasteiger partial charge in [-0.15, -0.1) is 0 Å². The Labute approximate surface area is 171 Å². The first kappa shape index (κ1) is 20.2. The van der Waals surface area contributed by atoms with Crippen molar-refractivity contribution < 1.29 is 34.3 Å². The molecule has 1 saturated heterocycles. The van der Waals surface area contributed by atoms with Crippen LogP contribution in [0, 0.1) is 0 Å². The molecule has 1 aromatic heterocycles. The number of rotatable bonds is 3. The van der Waals surface area contributed by atoms with Crippen molar-refractivity contribution in [1.82, 2.24) is 0 Å². The lowest BCUT2D eigenvalue weighted by Crippen LogP contribution is -2.44. The average Bonchev–Trinajstić information content (AvgIpc) is 2.71. The summed E-state index contributed by atoms with van der Waals surface area (Å²) in [5, 5.41) is 40.2. The summed E-state index contributed by atoms with van der Waals surface area (Å²) in [5.41, 5.74) is 0.516. The minimum Gasteiger partial charge on any atom is -0.508 e. The number of fused-ring (bicyclic) bond motifs is 1. The minimum absolute atomic E-state index is 0.0369. The molecule has 4 rings (SSSR count). The maximum atomic E-state index is 12.8. The fourth-order valence-corrected chi connectivity index (χ4v) is 3.81. The van der Waals surface area contributed by atoms with Crippen LogP contribution in [0.1, 0.15) is 25.0 Å². The molecule has 1 aliphatic rings. The monoisotopic (exact) mass is 414 g/mol. The van der Waals surface area contributed by atoms with Crippen LogP contribution in [0.3, 0.4) is 0 Å². The Bertz CT molecular complexity index is 1120. The fourth-order valence-electron chi connectivity index (χ4n) is 3.81. The summed E-state index contributed by atoms with van der Waals surface area (Å²) >= 11 is 0. The molecule has 3 aromatic rings. The number of ether oxygens (including phenoxy) is 2. The minimum atomic E-state index is -1.05. The van der Waals surface area contributed by atoms with E-state index in [1.54, 1.807) is 19.1 Å². The van der Waals surface area contributed by atoms with Gasteiger partial charge in [0.05, 0.1) is 31.0 Å². The Kier molecular flexibility index (Phi) is 5.15. The van der Waals surface area contributed by atoms with E-state index in [1.807, 2.05) is 0 Å². The highest BCUT2D eigenvalue weighted by Gasteiger charge is 2.38. The second-order valence-corrected chi connectivity index (χ2v) is 7.36. The zero-order valence-corrected chi connectivity index (χ0v) is 16.4. The molecule has 0 radical (unpaired) electrons. The average molecular weight is 414 g/mol. The standard InChI is InChI=1S/C22H22O8/c1-10-21(27)15(26)9-18(29-10)20-17(28-2)8-14(25)19-13(24)7-16(30-22(19)20)11-3-5-12(23)6-4-11/h3-8,10,15,18,21,23,25-27H,9H2,1-2H3. The van der Waals surface area contributed by atoms with E-state index in [1.165, 1.54) is 31.4 Å². The van der Waals surface area contributed by atoms with E-state index in [0.717, 1.165) is 0 Å². The maximum absolute atomic E-state index is 12.8. The Morgan fingerprint density at radius 1 is 1.10 bits per heavy atom. The SMILES string of the molecule is COc1cc(O)c2c(=O)cc(-c3ccc(O)cc3)oc2c1C1CC(O)C(O)C(C)O1. The van der Waals surface area contributed by atoms with Gasteiger partial charge in [-0.25, -0.2) is 0 Å². The van der Waals surface area contributed by atoms with E-state index in [-0.39, 0.29) is 40.4 Å². The third-order valence-corrected chi connectivity index (χ3v) is 5.39. The van der Waals surface area contributed by atoms with Gasteiger partial charge in [0.25, 0.3) is 0 Å². The van der Waals surface area contributed by atoms with Crippen molar-refractivity contribution in [3.05, 3.63) is 52.2 Å². The lowest BCUT2D eigenvalue weighted by molar-refractivity contribution is -0.163. The van der Waals surface area contributed by atoms with Crippen LogP contribution in [-0.4, -0.2) is 45.8 Å². The molecule has 0 bridgehead atoms. The Balaban J connectivity index is 1.97. The zero-order valence-electron chi connectivity index (χ0n) is 16.4. The second kappa shape index (κ2) is 7.64. The van der Waals surface area contributed by atoms with Gasteiger partial charge in [0.15, 0.2) is 11.0 Å². The smallest absolute Gasteiger partial charge is 0.197 e. The lowest BCUT2D eigenvalue weighted by atomic mass is 9.92. The number of aliphatic hydroxyl groups excluding tert-OH is 2. The number of aromatic hydroxyl groups is 2. The van der Waals surface area contributed by atoms with Crippen LogP contribution in [0.5, 0.6) is 17.2 Å². The van der Waals surface area contributed by atoms with Crippen molar-refractivity contribution >= 4 is 11.0 Å². The topological polar surface area (TPSA) is 130 Å². The summed E-state index contributed by atoms with van der Waals surface area (Å²) in [4.78, 5) is 12.8. The van der Waals surface area contributed by atoms with E-state index in [9.17, 15) is 25.2 Å². The summed E-state index contributed by atoms with van der Waals surface area (Å²) in [6.45, 7) is 1.63. The second-order valence-electron chi connectivity index (χ2n) is 7.36. The Morgan fingerprint density at radius 3 is 2.43 bits per heavy atom. The van der Waals surface area contributed by atoms with Crippen LogP contribution in [0.25, 0.3) is 22.3 Å². The first-order chi connectivity index (χ1) is 14.3. The van der Waals surface area contributed by atoms with Crippen molar-refractivity contribution in [3.63, 3.8) is 0 Å². The highest BCUT2D eigenvalue weighted by atomic mass is 16.5. The largest absolute Gasteiger partial charge is 0.508 e. The van der Waals surface area contributed by atoms with Gasteiger partial charge in [0.1, 0.15) is 34.5 Å². The van der Waals surface area contributed by atoms with Crippen molar-refractivity contribution in [1.29, 1.82) is 0 Å². The molecule has 4 N–H and O–H groups in total. The van der Waals surface area contributed by atoms with Crippen molar-refractivity contribution in [2.45, 2.75) is 37.8 Å². The predicted octanol–water partition coefficient (Wildman–Crippen LogP) is 2.45. The molecule has 0 saturated carbocycles. The number of benzene rings is 2. The molecule has 1 aliphatic heterocycles. The molecule has 8 heteroatoms. The lowest BCUT2D eigenvalue weighted by Gasteiger charge is -2.36. The molecule has 1 fully saturated rings. The van der Waals surface area contributed by atoms with Gasteiger partial charge in [-0.2, -0.15) is 0 Å². The first-order valence-electron chi connectivity index (χ1n) is 9.49. The van der Waals surface area contributed by atoms with E-state index in [0.29, 0.717) is 11.1 Å². The molecule has 0 spiro atoms. The summed E-state index contributed by atoms with van der Waals surface area (Å²) < 4.78 is 17.3. The molecular weight excluding hydrogens is 392 g/mol. The fraction of sp³-hybridized carbons (Fsp3) is 0.318. The number of aliphatic hydroxyl groups is 2. The highest BCUT2D eigenvalue weighted by molar-refractivity contribution is 5.89. The Morgan fingerprint density at radius 2 is 1.80 bits per heavy atom. The number of phenolic OH excluding ortho intramolecular Hbond substituents is 2. The maximum Gasteiger partial charge on any atom is 0.197 e. The van der Waals surface area contributed by atoms with E-state index < -0.39 is 29.8 Å². The zero-order chi connectivity index (χ0) is 21.6. The van der Waals surface area contributed by atoms with Crippen LogP contribution >= 0.6 is 0 Å². The van der Waals surface area contributed by atoms with Gasteiger partial charge >= 0.3 is 0 Å². The summed E-state index contributed by atoms with van der Waals surface area (Å²) in [6, 6.07) is 8.69. The number of hydrogen-bond donors (Lipinski definition) is 4. The van der Waals surface area contributed by atoms with Crippen molar-refractivity contribution in [2.75, 3.05) is 7.11 Å². The van der Waals surface area contributed by atoms with Gasteiger partial charge in [-0.3, -0.25) is 4.79 Å². The summed E-state index contributed by atoms with van der Waals surface area (Å²) in [7, 11) is 1.41. The van der Waals surface area contributed by atoms with Gasteiger partial charge in [0.2, 0.25) is 0 Å². The number of phenols is 2. The van der Waals surface area contributed by atoms with Gasteiger partial charge in [0, 0.05) is 24.1 Å². The molecule has 0 amide bonds. The van der Waals surface area contributed by atoms with Crippen molar-refractivity contribution in [3.8, 4) is 28.6 Å². The van der Waals surface area contributed by atoms with Crippen LogP contribution in [-0.2, 0) is 4.74 Å². The normalized spacial score (nSPS) is 24.1. The first-order valence-corrected chi connectivity index (χ1v) is 9.49. The summed E-state index contributed by atoms with van der Waals surface area (Å²) in [5.74, 6) is 0.220. The highest BCUT2D eigenvalue weighted by Crippen LogP contribution is 2.43. The molecule has 2 heterocycles. The Hall–Kier alpha value is -3.07. The van der Waals surface area contributed by atoms with E-state index in [2.05, 4.69) is 0 Å². The number of methoxy groups -OCH3 is 1. The third kappa shape index (κ3) is 3.39. The predicted molar refractivity (Wildman–Crippen MR) is 108 cm³/mol. The van der Waals surface area contributed by atoms with Gasteiger partial charge in [-0.1, -0.05) is 0 Å². The van der Waals surface area contributed by atoms with Crippen LogP contribution in [0.4, 0.5) is 0 Å². The van der Waals surface area contributed by atoms with E-state index >= 15 is 0 Å². The van der Waals surface area contributed by atoms with Crippen LogP contribution in [0.2, 0.25) is 0 Å². The van der Waals surface area contributed by atoms with Gasteiger partial charge in [-0.05, 0) is 31.2 Å². The molecule has 4 atom stereocenters. The van der Waals surface area contributed by atoms with Crippen molar-refractivity contribution in [2.24, 2.45) is 0 Å². The molecule has 30 heavy (non-hydrogen) atoms. The van der Waals surface area contributed by atoms with Gasteiger partial charge < -0.3 is 34.3 Å². The van der Waals surface area contributed by atoms with Crippen LogP contribution < -0.4 is 10.2 Å². The molecule has 8 nitrogen and oxygen atoms in total. The molecular formula is C22H22O8. The molecule has 4 unspecified atom stereocenters. The van der Waals surface area contributed by atoms with E-state index in [4.69, 9.17) is 13.9 Å². The third-order valence-electron chi connectivity index (χ3n) is 5.39. The summed E-state index contributed by atoms with van der Waals surface area (Å²) in [6.07, 6.45) is -3.45. The molecule has 2 aromatic carbocycles.